The first-order chi connectivity index (χ1) is 22.2. The van der Waals surface area contributed by atoms with E-state index in [2.05, 4.69) is 20.5 Å². The number of hydrogen-bond acceptors (Lipinski definition) is 10. The fourth-order valence-corrected chi connectivity index (χ4v) is 5.15. The summed E-state index contributed by atoms with van der Waals surface area (Å²) in [5.74, 6) is -3.93. The zero-order valence-electron chi connectivity index (χ0n) is 26.2. The van der Waals surface area contributed by atoms with Crippen molar-refractivity contribution < 1.29 is 102 Å². The molecule has 49 heavy (non-hydrogen) atoms. The maximum atomic E-state index is 13.3. The summed E-state index contributed by atoms with van der Waals surface area (Å²) in [5.41, 5.74) is 6.02. The second-order valence-electron chi connectivity index (χ2n) is 10.2. The average Bonchev–Trinajstić information content (AvgIpc) is 3.02. The van der Waals surface area contributed by atoms with E-state index in [0.717, 1.165) is 12.1 Å². The van der Waals surface area contributed by atoms with E-state index in [1.165, 1.54) is 55.5 Å². The monoisotopic (exact) mass is 699 g/mol. The zero-order chi connectivity index (χ0) is 34.0. The van der Waals surface area contributed by atoms with E-state index in [-0.39, 0.29) is 104 Å². The van der Waals surface area contributed by atoms with Gasteiger partial charge in [0.2, 0.25) is 5.90 Å². The van der Waals surface area contributed by atoms with E-state index in [1.807, 2.05) is 0 Å². The summed E-state index contributed by atoms with van der Waals surface area (Å²) < 4.78 is 34.4. The van der Waals surface area contributed by atoms with Gasteiger partial charge in [0.25, 0.3) is 16.0 Å². The maximum Gasteiger partial charge on any atom is 1.00 e. The van der Waals surface area contributed by atoms with Crippen LogP contribution in [0.3, 0.4) is 0 Å². The number of nitrogens with one attached hydrogen (secondary N) is 1. The van der Waals surface area contributed by atoms with Gasteiger partial charge in [-0.25, -0.2) is 9.79 Å². The number of aliphatic imine (C=N–C) groups is 1. The first-order valence-corrected chi connectivity index (χ1v) is 14.9. The number of aryl methyl sites for hydroxylation is 1. The molecule has 5 aromatic carbocycles. The van der Waals surface area contributed by atoms with Gasteiger partial charge in [0, 0.05) is 22.5 Å². The second-order valence-corrected chi connectivity index (χ2v) is 11.6. The van der Waals surface area contributed by atoms with Crippen LogP contribution in [-0.4, -0.2) is 41.0 Å². The number of nitrogens with zero attached hydrogens (tertiary/aromatic N) is 3. The van der Waals surface area contributed by atoms with Crippen LogP contribution in [-0.2, 0) is 10.1 Å². The van der Waals surface area contributed by atoms with E-state index in [4.69, 9.17) is 5.73 Å². The van der Waals surface area contributed by atoms with Crippen molar-refractivity contribution in [1.82, 2.24) is 0 Å². The molecular weight excluding hydrogens is 676 g/mol. The van der Waals surface area contributed by atoms with Crippen LogP contribution in [0.1, 0.15) is 31.8 Å². The van der Waals surface area contributed by atoms with Crippen LogP contribution in [0.4, 0.5) is 28.4 Å². The van der Waals surface area contributed by atoms with E-state index in [9.17, 15) is 43.0 Å². The average molecular weight is 700 g/mol. The van der Waals surface area contributed by atoms with Crippen LogP contribution >= 0.6 is 0 Å². The molecule has 0 aliphatic rings. The number of amides is 1. The molecule has 0 saturated heterocycles. The van der Waals surface area contributed by atoms with Crippen LogP contribution < -0.4 is 80.4 Å². The predicted molar refractivity (Wildman–Crippen MR) is 169 cm³/mol. The molecule has 0 fully saturated rings. The molecule has 0 aliphatic carbocycles. The summed E-state index contributed by atoms with van der Waals surface area (Å²) in [6.45, 7) is 1.42. The fourth-order valence-electron chi connectivity index (χ4n) is 4.50. The molecule has 0 aliphatic heterocycles. The van der Waals surface area contributed by atoms with Crippen LogP contribution in [0.5, 0.6) is 11.5 Å². The van der Waals surface area contributed by atoms with Crippen molar-refractivity contribution in [3.05, 3.63) is 107 Å². The molecule has 0 spiro atoms. The number of aromatic carboxylic acids is 1. The summed E-state index contributed by atoms with van der Waals surface area (Å²) in [4.78, 5) is 27.3. The quantitative estimate of drug-likeness (QED) is 0.0335. The van der Waals surface area contributed by atoms with Gasteiger partial charge in [0.1, 0.15) is 4.90 Å². The number of nitrogens with two attached hydrogens (primary N) is 1. The molecule has 0 unspecified atom stereocenters. The van der Waals surface area contributed by atoms with Crippen LogP contribution in [0, 0.1) is 6.92 Å². The molecule has 0 bridgehead atoms. The first-order valence-electron chi connectivity index (χ1n) is 13.5. The number of benzene rings is 5. The van der Waals surface area contributed by atoms with E-state index >= 15 is 0 Å². The van der Waals surface area contributed by atoms with Gasteiger partial charge in [-0.1, -0.05) is 23.1 Å². The minimum absolute atomic E-state index is 0. The molecule has 5 aromatic rings. The molecule has 1 amide bonds. The van der Waals surface area contributed by atoms with Crippen molar-refractivity contribution in [2.45, 2.75) is 11.8 Å². The Morgan fingerprint density at radius 1 is 0.796 bits per heavy atom. The minimum atomic E-state index is -4.96. The molecule has 0 radical (unpaired) electrons. The Balaban J connectivity index is 0.00000325. The number of aliphatic hydroxyl groups excluding tert-OH is 1. The number of carbonyl (C=O) groups is 2. The Labute approximate surface area is 323 Å². The summed E-state index contributed by atoms with van der Waals surface area (Å²) >= 11 is 0. The van der Waals surface area contributed by atoms with Gasteiger partial charge < -0.3 is 31.5 Å². The van der Waals surface area contributed by atoms with E-state index in [0.29, 0.717) is 11.3 Å². The number of carboxylic acids is 1. The number of carbonyl (C=O) groups excluding carboxylic acids is 1. The predicted octanol–water partition coefficient (Wildman–Crippen LogP) is -0.865. The van der Waals surface area contributed by atoms with Gasteiger partial charge >= 0.3 is 65.1 Å². The number of azo groups is 1. The van der Waals surface area contributed by atoms with Crippen LogP contribution in [0.25, 0.3) is 10.8 Å². The van der Waals surface area contributed by atoms with Crippen molar-refractivity contribution in [3.63, 3.8) is 0 Å². The van der Waals surface area contributed by atoms with Gasteiger partial charge in [-0.2, -0.15) is 13.5 Å². The Morgan fingerprint density at radius 2 is 1.41 bits per heavy atom. The molecule has 238 valence electrons. The fraction of sp³-hybridized carbons (Fsp3) is 0.0312. The van der Waals surface area contributed by atoms with Crippen molar-refractivity contribution >= 4 is 67.1 Å². The topological polar surface area (TPSA) is 250 Å². The third kappa shape index (κ3) is 9.03. The number of nitrogen functional groups attached to an aromatic ring is 1. The summed E-state index contributed by atoms with van der Waals surface area (Å²) in [6.07, 6.45) is 0. The van der Waals surface area contributed by atoms with Gasteiger partial charge in [-0.3, -0.25) is 9.35 Å². The Bertz CT molecular complexity index is 2250. The van der Waals surface area contributed by atoms with E-state index < -0.39 is 49.6 Å². The number of fused-ring (bicyclic) bond motifs is 1. The van der Waals surface area contributed by atoms with Crippen molar-refractivity contribution in [1.29, 1.82) is 0 Å². The molecule has 0 atom stereocenters. The molecular formula is C32H23N5Na2O9S. The zero-order valence-corrected chi connectivity index (χ0v) is 31.0. The molecule has 0 saturated carbocycles. The maximum absolute atomic E-state index is 13.3. The van der Waals surface area contributed by atoms with Crippen molar-refractivity contribution in [3.8, 4) is 11.5 Å². The smallest absolute Gasteiger partial charge is 0.872 e. The molecule has 0 heterocycles. The van der Waals surface area contributed by atoms with Gasteiger partial charge in [-0.15, -0.1) is 5.11 Å². The largest absolute Gasteiger partial charge is 1.00 e. The SMILES string of the molecule is Cc1cc(NC(=O)c2ccc(N=Nc3c(S(=O)(=O)O)cc4cc(N=C(O)c5ccc(N)cc5)ccc4c3[O-])cc2)cc(C(=O)O)c1[O-].[Na+].[Na+]. The Morgan fingerprint density at radius 3 is 2.02 bits per heavy atom. The number of carboxylic acid groups (broad SMARTS) is 1. The van der Waals surface area contributed by atoms with Crippen LogP contribution in [0.15, 0.2) is 105 Å². The molecule has 6 N–H and O–H groups in total. The van der Waals surface area contributed by atoms with Gasteiger partial charge in [-0.05, 0) is 96.6 Å². The molecule has 14 nitrogen and oxygen atoms in total. The molecule has 17 heteroatoms. The van der Waals surface area contributed by atoms with E-state index in [1.54, 1.807) is 24.3 Å². The summed E-state index contributed by atoms with van der Waals surface area (Å²) in [5, 5.41) is 55.3. The Kier molecular flexibility index (Phi) is 12.7. The number of aliphatic hydroxyl groups is 1. The Hall–Kier alpha value is -4.32. The summed E-state index contributed by atoms with van der Waals surface area (Å²) in [7, 11) is -4.96. The second kappa shape index (κ2) is 15.9. The van der Waals surface area contributed by atoms with Gasteiger partial charge in [0.05, 0.1) is 22.6 Å². The first kappa shape index (κ1) is 39.1. The minimum Gasteiger partial charge on any atom is -0.872 e. The van der Waals surface area contributed by atoms with Crippen molar-refractivity contribution in [2.75, 3.05) is 11.1 Å². The molecule has 5 rings (SSSR count). The molecule has 0 aromatic heterocycles. The number of hydrogen-bond donors (Lipinski definition) is 5. The third-order valence-electron chi connectivity index (χ3n) is 6.85. The van der Waals surface area contributed by atoms with Gasteiger partial charge in [0.15, 0.2) is 0 Å². The normalized spacial score (nSPS) is 11.5. The van der Waals surface area contributed by atoms with Crippen LogP contribution in [0.2, 0.25) is 0 Å². The third-order valence-corrected chi connectivity index (χ3v) is 7.72. The summed E-state index contributed by atoms with van der Waals surface area (Å²) in [6, 6.07) is 19.2. The number of anilines is 2. The van der Waals surface area contributed by atoms with Crippen molar-refractivity contribution in [2.24, 2.45) is 15.2 Å². The number of rotatable bonds is 8. The standard InChI is InChI=1S/C32H25N5O9S.2Na/c1-16-12-23(15-25(28(16)38)32(42)43)35-31(41)18-4-8-21(9-5-18)36-37-27-26(47(44,45)46)14-19-13-22(10-11-24(19)29(27)39)34-30(40)17-2-6-20(33)7-3-17;;/h2-15,38-39H,33H2,1H3,(H,34,40)(H,35,41)(H,42,43)(H,44,45,46);;/q;2*+1/p-2.